The van der Waals surface area contributed by atoms with Gasteiger partial charge in [0.15, 0.2) is 11.5 Å². The first-order chi connectivity index (χ1) is 17.0. The number of anilines is 1. The molecular formula is C27H29FN6O. The molecule has 8 heteroatoms. The number of β-lactam (4-membered cyclic amide) rings is 1. The quantitative estimate of drug-likeness (QED) is 0.348. The second kappa shape index (κ2) is 9.82. The van der Waals surface area contributed by atoms with Crippen molar-refractivity contribution in [1.29, 1.82) is 0 Å². The maximum Gasteiger partial charge on any atom is 0.228 e. The highest BCUT2D eigenvalue weighted by atomic mass is 19.1. The summed E-state index contributed by atoms with van der Waals surface area (Å²) in [6.07, 6.45) is 4.74. The molecule has 1 N–H and O–H groups in total. The summed E-state index contributed by atoms with van der Waals surface area (Å²) in [6.45, 7) is 5.26. The molecule has 1 fully saturated rings. The molecule has 35 heavy (non-hydrogen) atoms. The zero-order valence-corrected chi connectivity index (χ0v) is 19.9. The first-order valence-electron chi connectivity index (χ1n) is 12.0. The highest BCUT2D eigenvalue weighted by Gasteiger charge is 2.49. The summed E-state index contributed by atoms with van der Waals surface area (Å²) in [7, 11) is 0. The molecule has 7 nitrogen and oxygen atoms in total. The van der Waals surface area contributed by atoms with E-state index in [0.717, 1.165) is 23.1 Å². The van der Waals surface area contributed by atoms with Gasteiger partial charge in [0.2, 0.25) is 5.91 Å². The van der Waals surface area contributed by atoms with Crippen LogP contribution in [0, 0.1) is 11.7 Å². The van der Waals surface area contributed by atoms with Crippen molar-refractivity contribution >= 4 is 22.9 Å². The topological polar surface area (TPSA) is 75.9 Å². The molecule has 0 aliphatic carbocycles. The summed E-state index contributed by atoms with van der Waals surface area (Å²) in [5, 5.41) is 3.35. The number of carbonyl (C=O) groups excluding carboxylic acids is 1. The largest absolute Gasteiger partial charge is 0.364 e. The summed E-state index contributed by atoms with van der Waals surface area (Å²) in [5.41, 5.74) is 3.23. The zero-order valence-electron chi connectivity index (χ0n) is 19.9. The first-order valence-corrected chi connectivity index (χ1v) is 12.0. The molecule has 0 saturated carbocycles. The van der Waals surface area contributed by atoms with Gasteiger partial charge in [-0.15, -0.1) is 0 Å². The monoisotopic (exact) mass is 472 g/mol. The van der Waals surface area contributed by atoms with Gasteiger partial charge in [0.05, 0.1) is 18.3 Å². The second-order valence-corrected chi connectivity index (χ2v) is 9.23. The summed E-state index contributed by atoms with van der Waals surface area (Å²) < 4.78 is 16.5. The van der Waals surface area contributed by atoms with Crippen LogP contribution in [0.5, 0.6) is 0 Å². The molecule has 3 heterocycles. The number of hydrogen-bond acceptors (Lipinski definition) is 5. The third-order valence-electron chi connectivity index (χ3n) is 6.65. The maximum absolute atomic E-state index is 14.6. The smallest absolute Gasteiger partial charge is 0.228 e. The predicted molar refractivity (Wildman–Crippen MR) is 133 cm³/mol. The fourth-order valence-corrected chi connectivity index (χ4v) is 4.95. The Hall–Kier alpha value is -3.81. The lowest BCUT2D eigenvalue weighted by molar-refractivity contribution is -0.161. The molecule has 1 aliphatic heterocycles. The van der Waals surface area contributed by atoms with Crippen LogP contribution in [-0.4, -0.2) is 36.4 Å². The van der Waals surface area contributed by atoms with Crippen molar-refractivity contribution in [3.8, 4) is 0 Å². The Morgan fingerprint density at radius 1 is 1.03 bits per heavy atom. The van der Waals surface area contributed by atoms with Crippen LogP contribution in [0.4, 0.5) is 10.2 Å². The molecule has 1 aliphatic rings. The highest BCUT2D eigenvalue weighted by Crippen LogP contribution is 2.44. The van der Waals surface area contributed by atoms with Crippen LogP contribution in [0.15, 0.2) is 67.3 Å². The summed E-state index contributed by atoms with van der Waals surface area (Å²) in [6, 6.07) is 16.7. The van der Waals surface area contributed by atoms with Gasteiger partial charge in [-0.1, -0.05) is 48.5 Å². The fraction of sp³-hybridized carbons (Fsp3) is 0.333. The first kappa shape index (κ1) is 23.0. The van der Waals surface area contributed by atoms with E-state index in [1.165, 1.54) is 12.4 Å². The molecule has 2 aromatic carbocycles. The van der Waals surface area contributed by atoms with Crippen molar-refractivity contribution in [2.45, 2.75) is 51.9 Å². The standard InChI is InChI=1S/C27H29FN6O/c1-18(2)34-24(20-11-6-7-13-22(20)28)21(27(34)35)12-8-14-33-17-32-23-25(30-16-31-26(23)33)29-15-19-9-4-3-5-10-19/h3-7,9-11,13,16-18,21,24H,8,12,14-15H2,1-2H3,(H,29,30,31)/t21-,24-/m1/s1. The minimum absolute atomic E-state index is 0.0273. The minimum Gasteiger partial charge on any atom is -0.364 e. The van der Waals surface area contributed by atoms with Crippen molar-refractivity contribution in [3.63, 3.8) is 0 Å². The summed E-state index contributed by atoms with van der Waals surface area (Å²) in [4.78, 5) is 28.0. The van der Waals surface area contributed by atoms with E-state index in [0.29, 0.717) is 30.9 Å². The van der Waals surface area contributed by atoms with E-state index in [1.54, 1.807) is 23.4 Å². The van der Waals surface area contributed by atoms with Gasteiger partial charge >= 0.3 is 0 Å². The number of aromatic nitrogens is 4. The molecule has 0 spiro atoms. The molecule has 0 bridgehead atoms. The predicted octanol–water partition coefficient (Wildman–Crippen LogP) is 4.97. The van der Waals surface area contributed by atoms with E-state index in [4.69, 9.17) is 0 Å². The Morgan fingerprint density at radius 3 is 2.57 bits per heavy atom. The van der Waals surface area contributed by atoms with Gasteiger partial charge in [0, 0.05) is 24.7 Å². The number of nitrogens with one attached hydrogen (secondary N) is 1. The van der Waals surface area contributed by atoms with Crippen molar-refractivity contribution < 1.29 is 9.18 Å². The number of hydrogen-bond donors (Lipinski definition) is 1. The third-order valence-corrected chi connectivity index (χ3v) is 6.65. The van der Waals surface area contributed by atoms with Crippen LogP contribution < -0.4 is 5.32 Å². The fourth-order valence-electron chi connectivity index (χ4n) is 4.95. The SMILES string of the molecule is CC(C)N1C(=O)[C@H](CCCn2cnc3c(NCc4ccccc4)ncnc32)[C@H]1c1ccccc1F. The van der Waals surface area contributed by atoms with E-state index in [1.807, 2.05) is 42.7 Å². The van der Waals surface area contributed by atoms with Crippen molar-refractivity contribution in [2.24, 2.45) is 5.92 Å². The van der Waals surface area contributed by atoms with Crippen molar-refractivity contribution in [1.82, 2.24) is 24.4 Å². The number of halogens is 1. The molecule has 5 rings (SSSR count). The van der Waals surface area contributed by atoms with Gasteiger partial charge in [0.1, 0.15) is 17.7 Å². The van der Waals surface area contributed by atoms with Crippen LogP contribution >= 0.6 is 0 Å². The molecule has 1 amide bonds. The van der Waals surface area contributed by atoms with Gasteiger partial charge in [-0.2, -0.15) is 0 Å². The average Bonchev–Trinajstić information content (AvgIpc) is 3.28. The third kappa shape index (κ3) is 4.48. The number of nitrogens with zero attached hydrogens (tertiary/aromatic N) is 5. The molecular weight excluding hydrogens is 443 g/mol. The molecule has 180 valence electrons. The van der Waals surface area contributed by atoms with Gasteiger partial charge in [-0.3, -0.25) is 4.79 Å². The molecule has 1 saturated heterocycles. The Kier molecular flexibility index (Phi) is 6.44. The van der Waals surface area contributed by atoms with Gasteiger partial charge in [-0.25, -0.2) is 19.3 Å². The second-order valence-electron chi connectivity index (χ2n) is 9.23. The number of imidazole rings is 1. The van der Waals surface area contributed by atoms with Gasteiger partial charge in [-0.05, 0) is 38.3 Å². The Bertz CT molecular complexity index is 1320. The zero-order chi connectivity index (χ0) is 24.4. The average molecular weight is 473 g/mol. The number of rotatable bonds is 9. The van der Waals surface area contributed by atoms with Crippen molar-refractivity contribution in [3.05, 3.63) is 84.2 Å². The number of amides is 1. The normalized spacial score (nSPS) is 17.7. The lowest BCUT2D eigenvalue weighted by Crippen LogP contribution is -2.57. The van der Waals surface area contributed by atoms with Gasteiger partial charge in [0.25, 0.3) is 0 Å². The Labute approximate surface area is 204 Å². The molecule has 4 aromatic rings. The van der Waals surface area contributed by atoms with E-state index < -0.39 is 0 Å². The number of aryl methyl sites for hydroxylation is 1. The molecule has 2 aromatic heterocycles. The lowest BCUT2D eigenvalue weighted by Gasteiger charge is -2.50. The highest BCUT2D eigenvalue weighted by molar-refractivity contribution is 5.87. The summed E-state index contributed by atoms with van der Waals surface area (Å²) >= 11 is 0. The van der Waals surface area contributed by atoms with Gasteiger partial charge < -0.3 is 14.8 Å². The lowest BCUT2D eigenvalue weighted by atomic mass is 9.78. The van der Waals surface area contributed by atoms with Crippen LogP contribution in [0.2, 0.25) is 0 Å². The number of likely N-dealkylation sites (tertiary alicyclic amines) is 1. The van der Waals surface area contributed by atoms with Crippen LogP contribution in [0.25, 0.3) is 11.2 Å². The van der Waals surface area contributed by atoms with E-state index in [-0.39, 0.29) is 29.7 Å². The van der Waals surface area contributed by atoms with E-state index in [2.05, 4.69) is 32.4 Å². The molecule has 0 unspecified atom stereocenters. The number of benzene rings is 2. The van der Waals surface area contributed by atoms with Crippen molar-refractivity contribution in [2.75, 3.05) is 5.32 Å². The minimum atomic E-state index is -0.256. The van der Waals surface area contributed by atoms with Crippen LogP contribution in [0.1, 0.15) is 43.9 Å². The molecule has 0 radical (unpaired) electrons. The van der Waals surface area contributed by atoms with E-state index >= 15 is 0 Å². The number of fused-ring (bicyclic) bond motifs is 1. The van der Waals surface area contributed by atoms with Crippen LogP contribution in [-0.2, 0) is 17.9 Å². The maximum atomic E-state index is 14.6. The Balaban J connectivity index is 1.26. The van der Waals surface area contributed by atoms with E-state index in [9.17, 15) is 9.18 Å². The van der Waals surface area contributed by atoms with Crippen LogP contribution in [0.3, 0.4) is 0 Å². The Morgan fingerprint density at radius 2 is 1.80 bits per heavy atom. The summed E-state index contributed by atoms with van der Waals surface area (Å²) in [5.74, 6) is 0.313. The molecule has 2 atom stereocenters. The number of carbonyl (C=O) groups is 1.